The fraction of sp³-hybridized carbons (Fsp3) is 0.273. The predicted molar refractivity (Wildman–Crippen MR) is 58.5 cm³/mol. The first-order chi connectivity index (χ1) is 8.45. The number of carbonyl (C=O) groups excluding carboxylic acids is 1. The second kappa shape index (κ2) is 4.32. The van der Waals surface area contributed by atoms with Crippen molar-refractivity contribution in [2.24, 2.45) is 10.7 Å². The molecule has 1 atom stereocenters. The molecule has 2 N–H and O–H groups in total. The topological polar surface area (TPSA) is 58.7 Å². The van der Waals surface area contributed by atoms with Crippen LogP contribution in [0.15, 0.2) is 17.1 Å². The zero-order valence-electron chi connectivity index (χ0n) is 9.45. The Morgan fingerprint density at radius 2 is 1.89 bits per heavy atom. The number of benzene rings is 1. The minimum atomic E-state index is -1.29. The molecule has 0 fully saturated rings. The molecule has 0 aromatic heterocycles. The van der Waals surface area contributed by atoms with Crippen LogP contribution in [0, 0.1) is 17.5 Å². The number of halogens is 3. The lowest BCUT2D eigenvalue weighted by Crippen LogP contribution is -2.33. The molecule has 4 nitrogen and oxygen atoms in total. The van der Waals surface area contributed by atoms with Gasteiger partial charge in [0.2, 0.25) is 0 Å². The van der Waals surface area contributed by atoms with Crippen LogP contribution >= 0.6 is 0 Å². The Morgan fingerprint density at radius 3 is 2.50 bits per heavy atom. The molecule has 0 radical (unpaired) electrons. The Bertz CT molecular complexity index is 545. The molecule has 1 aliphatic heterocycles. The number of likely N-dealkylation sites (N-methyl/N-ethyl adjacent to an activating group) is 1. The van der Waals surface area contributed by atoms with E-state index in [1.807, 2.05) is 0 Å². The van der Waals surface area contributed by atoms with Gasteiger partial charge in [0.1, 0.15) is 17.7 Å². The Morgan fingerprint density at radius 1 is 1.28 bits per heavy atom. The van der Waals surface area contributed by atoms with Crippen LogP contribution in [0.3, 0.4) is 0 Å². The Balaban J connectivity index is 2.51. The number of nitrogens with zero attached hydrogens (tertiary/aromatic N) is 2. The Kier molecular flexibility index (Phi) is 2.98. The summed E-state index contributed by atoms with van der Waals surface area (Å²) in [5.74, 6) is -3.59. The summed E-state index contributed by atoms with van der Waals surface area (Å²) in [7, 11) is 0. The van der Waals surface area contributed by atoms with E-state index in [1.54, 1.807) is 6.92 Å². The monoisotopic (exact) mass is 257 g/mol. The molecule has 1 aliphatic rings. The maximum absolute atomic E-state index is 13.6. The molecule has 0 spiro atoms. The van der Waals surface area contributed by atoms with Gasteiger partial charge >= 0.3 is 6.03 Å². The molecule has 0 aliphatic carbocycles. The normalized spacial score (nSPS) is 19.3. The molecule has 0 saturated heterocycles. The maximum Gasteiger partial charge on any atom is 0.346 e. The van der Waals surface area contributed by atoms with Gasteiger partial charge in [-0.15, -0.1) is 0 Å². The van der Waals surface area contributed by atoms with Gasteiger partial charge in [0.25, 0.3) is 0 Å². The first-order valence-corrected chi connectivity index (χ1v) is 5.24. The van der Waals surface area contributed by atoms with E-state index in [-0.39, 0.29) is 17.9 Å². The van der Waals surface area contributed by atoms with Crippen molar-refractivity contribution in [3.05, 3.63) is 35.1 Å². The van der Waals surface area contributed by atoms with Crippen LogP contribution in [0.25, 0.3) is 0 Å². The molecule has 0 saturated carbocycles. The van der Waals surface area contributed by atoms with E-state index in [0.29, 0.717) is 12.1 Å². The molecule has 0 bridgehead atoms. The summed E-state index contributed by atoms with van der Waals surface area (Å²) in [6, 6.07) is -0.491. The lowest BCUT2D eigenvalue weighted by Gasteiger charge is -2.23. The molecule has 1 aromatic rings. The van der Waals surface area contributed by atoms with Crippen molar-refractivity contribution in [1.29, 1.82) is 0 Å². The minimum Gasteiger partial charge on any atom is -0.385 e. The second-order valence-electron chi connectivity index (χ2n) is 3.80. The van der Waals surface area contributed by atoms with Crippen molar-refractivity contribution in [2.45, 2.75) is 13.0 Å². The summed E-state index contributed by atoms with van der Waals surface area (Å²) in [5, 5.41) is 0. The van der Waals surface area contributed by atoms with E-state index in [9.17, 15) is 18.0 Å². The molecular formula is C11H10F3N3O. The average molecular weight is 257 g/mol. The largest absolute Gasteiger partial charge is 0.385 e. The van der Waals surface area contributed by atoms with E-state index in [2.05, 4.69) is 4.99 Å². The molecule has 1 unspecified atom stereocenters. The van der Waals surface area contributed by atoms with Crippen LogP contribution in [-0.4, -0.2) is 23.3 Å². The average Bonchev–Trinajstić information content (AvgIpc) is 2.58. The summed E-state index contributed by atoms with van der Waals surface area (Å²) in [4.78, 5) is 16.1. The number of nitrogens with two attached hydrogens (primary N) is 1. The highest BCUT2D eigenvalue weighted by Gasteiger charge is 2.35. The van der Waals surface area contributed by atoms with E-state index in [0.717, 1.165) is 0 Å². The third-order valence-electron chi connectivity index (χ3n) is 2.74. The smallest absolute Gasteiger partial charge is 0.346 e. The number of hydrogen-bond donors (Lipinski definition) is 1. The number of rotatable bonds is 2. The SMILES string of the molecule is CCN1C(=O)N=C(N)C1c1cc(F)c(F)cc1F. The molecule has 1 heterocycles. The zero-order valence-corrected chi connectivity index (χ0v) is 9.45. The van der Waals surface area contributed by atoms with Crippen molar-refractivity contribution in [2.75, 3.05) is 6.54 Å². The van der Waals surface area contributed by atoms with Gasteiger partial charge in [-0.3, -0.25) is 0 Å². The molecule has 2 amide bonds. The van der Waals surface area contributed by atoms with Gasteiger partial charge in [0.05, 0.1) is 0 Å². The third kappa shape index (κ3) is 1.81. The quantitative estimate of drug-likeness (QED) is 0.823. The minimum absolute atomic E-state index is 0.133. The molecular weight excluding hydrogens is 247 g/mol. The van der Waals surface area contributed by atoms with E-state index >= 15 is 0 Å². The van der Waals surface area contributed by atoms with Crippen LogP contribution < -0.4 is 5.73 Å². The summed E-state index contributed by atoms with van der Waals surface area (Å²) < 4.78 is 39.6. The Labute approximate surface area is 101 Å². The standard InChI is InChI=1S/C11H10F3N3O/c1-2-17-9(10(15)16-11(17)18)5-3-7(13)8(14)4-6(5)12/h3-4,9H,2H2,1H3,(H2,15,16,18). The lowest BCUT2D eigenvalue weighted by molar-refractivity contribution is 0.209. The van der Waals surface area contributed by atoms with Gasteiger partial charge in [-0.25, -0.2) is 18.0 Å². The summed E-state index contributed by atoms with van der Waals surface area (Å²) in [5.41, 5.74) is 5.32. The van der Waals surface area contributed by atoms with Gasteiger partial charge in [0.15, 0.2) is 11.6 Å². The number of urea groups is 1. The van der Waals surface area contributed by atoms with Crippen LogP contribution in [-0.2, 0) is 0 Å². The van der Waals surface area contributed by atoms with Crippen LogP contribution in [0.2, 0.25) is 0 Å². The first-order valence-electron chi connectivity index (χ1n) is 5.24. The van der Waals surface area contributed by atoms with E-state index < -0.39 is 29.5 Å². The van der Waals surface area contributed by atoms with Crippen molar-refractivity contribution < 1.29 is 18.0 Å². The fourth-order valence-electron chi connectivity index (χ4n) is 1.90. The van der Waals surface area contributed by atoms with Gasteiger partial charge in [0, 0.05) is 18.2 Å². The third-order valence-corrected chi connectivity index (χ3v) is 2.74. The number of aliphatic imine (C=N–C) groups is 1. The molecule has 18 heavy (non-hydrogen) atoms. The summed E-state index contributed by atoms with van der Waals surface area (Å²) in [6.07, 6.45) is 0. The Hall–Kier alpha value is -2.05. The van der Waals surface area contributed by atoms with Gasteiger partial charge in [-0.2, -0.15) is 4.99 Å². The molecule has 96 valence electrons. The fourth-order valence-corrected chi connectivity index (χ4v) is 1.90. The second-order valence-corrected chi connectivity index (χ2v) is 3.80. The van der Waals surface area contributed by atoms with Gasteiger partial charge in [-0.1, -0.05) is 0 Å². The highest BCUT2D eigenvalue weighted by atomic mass is 19.2. The van der Waals surface area contributed by atoms with E-state index in [1.165, 1.54) is 4.90 Å². The first kappa shape index (κ1) is 12.4. The van der Waals surface area contributed by atoms with Crippen molar-refractivity contribution in [3.8, 4) is 0 Å². The van der Waals surface area contributed by atoms with Gasteiger partial charge < -0.3 is 10.6 Å². The van der Waals surface area contributed by atoms with Crippen molar-refractivity contribution in [3.63, 3.8) is 0 Å². The number of amides is 2. The van der Waals surface area contributed by atoms with Crippen molar-refractivity contribution >= 4 is 11.9 Å². The molecule has 2 rings (SSSR count). The van der Waals surface area contributed by atoms with Crippen LogP contribution in [0.4, 0.5) is 18.0 Å². The lowest BCUT2D eigenvalue weighted by atomic mass is 10.0. The maximum atomic E-state index is 13.6. The zero-order chi connectivity index (χ0) is 13.4. The number of hydrogen-bond acceptors (Lipinski definition) is 2. The predicted octanol–water partition coefficient (Wildman–Crippen LogP) is 1.96. The summed E-state index contributed by atoms with van der Waals surface area (Å²) in [6.45, 7) is 1.88. The van der Waals surface area contributed by atoms with Crippen LogP contribution in [0.5, 0.6) is 0 Å². The van der Waals surface area contributed by atoms with Crippen LogP contribution in [0.1, 0.15) is 18.5 Å². The highest BCUT2D eigenvalue weighted by Crippen LogP contribution is 2.29. The summed E-state index contributed by atoms with van der Waals surface area (Å²) >= 11 is 0. The van der Waals surface area contributed by atoms with Crippen molar-refractivity contribution in [1.82, 2.24) is 4.90 Å². The molecule has 7 heteroatoms. The highest BCUT2D eigenvalue weighted by molar-refractivity contribution is 6.03. The number of carbonyl (C=O) groups is 1. The molecule has 1 aromatic carbocycles. The van der Waals surface area contributed by atoms with E-state index in [4.69, 9.17) is 5.73 Å². The van der Waals surface area contributed by atoms with Gasteiger partial charge in [-0.05, 0) is 13.0 Å². The number of amidine groups is 1.